The largest absolute Gasteiger partial charge is 0.494 e. The van der Waals surface area contributed by atoms with Crippen LogP contribution < -0.4 is 25.2 Å². The fraction of sp³-hybridized carbons (Fsp3) is 0.409. The van der Waals surface area contributed by atoms with E-state index in [2.05, 4.69) is 28.6 Å². The van der Waals surface area contributed by atoms with Crippen molar-refractivity contribution in [1.29, 1.82) is 0 Å². The number of aliphatic imine (C=N–C) groups is 1. The van der Waals surface area contributed by atoms with Crippen molar-refractivity contribution in [2.24, 2.45) is 10.1 Å². The molecule has 0 radical (unpaired) electrons. The van der Waals surface area contributed by atoms with Gasteiger partial charge in [0.15, 0.2) is 5.96 Å². The Bertz CT molecular complexity index is 1040. The Labute approximate surface area is 183 Å². The van der Waals surface area contributed by atoms with Crippen LogP contribution in [0.2, 0.25) is 0 Å². The Hall–Kier alpha value is -2.78. The molecule has 2 aromatic carbocycles. The standard InChI is InChI=1S/C22H30N4O4S/c1-4-24-22(25-13-16-6-8-19(9-7-16)31(23,27)28)26-14-18-12-21-17(10-15(3)30-21)11-20(18)29-5-2/h6-9,11-12,15H,4-5,10,13-14H2,1-3H3,(H2,23,27,28)(H2,24,25,26). The SMILES string of the molecule is CCNC(=NCc1ccc(S(N)(=O)=O)cc1)NCc1cc2c(cc1OCC)CC(C)O2. The van der Waals surface area contributed by atoms with E-state index in [-0.39, 0.29) is 11.0 Å². The first-order valence-electron chi connectivity index (χ1n) is 10.4. The predicted molar refractivity (Wildman–Crippen MR) is 121 cm³/mol. The minimum absolute atomic E-state index is 0.0851. The molecule has 31 heavy (non-hydrogen) atoms. The summed E-state index contributed by atoms with van der Waals surface area (Å²) in [7, 11) is -3.70. The van der Waals surface area contributed by atoms with Crippen LogP contribution in [-0.2, 0) is 29.5 Å². The molecule has 1 heterocycles. The number of nitrogens with zero attached hydrogens (tertiary/aromatic N) is 1. The fourth-order valence-electron chi connectivity index (χ4n) is 3.39. The molecule has 0 saturated carbocycles. The quantitative estimate of drug-likeness (QED) is 0.423. The van der Waals surface area contributed by atoms with Gasteiger partial charge in [-0.1, -0.05) is 12.1 Å². The molecule has 0 bridgehead atoms. The number of hydrogen-bond donors (Lipinski definition) is 3. The molecule has 0 amide bonds. The average molecular weight is 447 g/mol. The van der Waals surface area contributed by atoms with Crippen molar-refractivity contribution in [3.05, 3.63) is 53.1 Å². The van der Waals surface area contributed by atoms with Crippen LogP contribution in [0.3, 0.4) is 0 Å². The van der Waals surface area contributed by atoms with Crippen LogP contribution in [0.1, 0.15) is 37.5 Å². The monoisotopic (exact) mass is 446 g/mol. The first-order chi connectivity index (χ1) is 14.8. The molecule has 1 aliphatic rings. The molecule has 1 atom stereocenters. The molecular weight excluding hydrogens is 416 g/mol. The summed E-state index contributed by atoms with van der Waals surface area (Å²) in [5.74, 6) is 2.40. The van der Waals surface area contributed by atoms with E-state index >= 15 is 0 Å². The number of hydrogen-bond acceptors (Lipinski definition) is 5. The number of fused-ring (bicyclic) bond motifs is 1. The number of guanidine groups is 1. The zero-order valence-corrected chi connectivity index (χ0v) is 19.0. The van der Waals surface area contributed by atoms with Crippen LogP contribution in [0.5, 0.6) is 11.5 Å². The normalized spacial score (nSPS) is 15.9. The van der Waals surface area contributed by atoms with Gasteiger partial charge >= 0.3 is 0 Å². The van der Waals surface area contributed by atoms with Crippen molar-refractivity contribution < 1.29 is 17.9 Å². The fourth-order valence-corrected chi connectivity index (χ4v) is 3.90. The third-order valence-electron chi connectivity index (χ3n) is 4.84. The number of ether oxygens (including phenoxy) is 2. The Morgan fingerprint density at radius 2 is 1.97 bits per heavy atom. The summed E-state index contributed by atoms with van der Waals surface area (Å²) in [6.45, 7) is 8.23. The third kappa shape index (κ3) is 6.11. The summed E-state index contributed by atoms with van der Waals surface area (Å²) >= 11 is 0. The van der Waals surface area contributed by atoms with Gasteiger partial charge in [-0.05, 0) is 50.6 Å². The Morgan fingerprint density at radius 1 is 1.23 bits per heavy atom. The maximum absolute atomic E-state index is 11.4. The third-order valence-corrected chi connectivity index (χ3v) is 5.77. The van der Waals surface area contributed by atoms with Crippen LogP contribution in [-0.4, -0.2) is 33.6 Å². The molecule has 0 fully saturated rings. The maximum Gasteiger partial charge on any atom is 0.238 e. The molecule has 1 aliphatic heterocycles. The Morgan fingerprint density at radius 3 is 2.61 bits per heavy atom. The van der Waals surface area contributed by atoms with Gasteiger partial charge in [0.25, 0.3) is 0 Å². The molecule has 8 nitrogen and oxygen atoms in total. The summed E-state index contributed by atoms with van der Waals surface area (Å²) in [4.78, 5) is 4.68. The number of rotatable bonds is 8. The molecule has 0 aliphatic carbocycles. The molecule has 4 N–H and O–H groups in total. The van der Waals surface area contributed by atoms with Gasteiger partial charge in [0, 0.05) is 30.6 Å². The van der Waals surface area contributed by atoms with Gasteiger partial charge in [-0.15, -0.1) is 0 Å². The molecule has 0 spiro atoms. The van der Waals surface area contributed by atoms with Crippen molar-refractivity contribution in [3.63, 3.8) is 0 Å². The highest BCUT2D eigenvalue weighted by Gasteiger charge is 2.22. The average Bonchev–Trinajstić information content (AvgIpc) is 3.08. The highest BCUT2D eigenvalue weighted by Crippen LogP contribution is 2.35. The second kappa shape index (κ2) is 10.0. The van der Waals surface area contributed by atoms with Crippen molar-refractivity contribution in [2.75, 3.05) is 13.2 Å². The van der Waals surface area contributed by atoms with Crippen LogP contribution >= 0.6 is 0 Å². The van der Waals surface area contributed by atoms with Crippen LogP contribution in [0.25, 0.3) is 0 Å². The molecule has 3 rings (SSSR count). The molecule has 0 aromatic heterocycles. The maximum atomic E-state index is 11.4. The predicted octanol–water partition coefficient (Wildman–Crippen LogP) is 2.31. The second-order valence-electron chi connectivity index (χ2n) is 7.37. The second-order valence-corrected chi connectivity index (χ2v) is 8.93. The zero-order valence-electron chi connectivity index (χ0n) is 18.1. The van der Waals surface area contributed by atoms with E-state index in [1.165, 1.54) is 17.7 Å². The minimum atomic E-state index is -3.70. The molecule has 168 valence electrons. The number of benzene rings is 2. The van der Waals surface area contributed by atoms with Crippen molar-refractivity contribution in [1.82, 2.24) is 10.6 Å². The van der Waals surface area contributed by atoms with Crippen molar-refractivity contribution in [3.8, 4) is 11.5 Å². The lowest BCUT2D eigenvalue weighted by Gasteiger charge is -2.15. The Balaban J connectivity index is 1.71. The summed E-state index contributed by atoms with van der Waals surface area (Å²) in [5, 5.41) is 11.7. The van der Waals surface area contributed by atoms with E-state index in [1.807, 2.05) is 19.9 Å². The first-order valence-corrected chi connectivity index (χ1v) is 11.9. The van der Waals surface area contributed by atoms with Crippen LogP contribution in [0, 0.1) is 0 Å². The van der Waals surface area contributed by atoms with Crippen molar-refractivity contribution in [2.45, 2.75) is 51.3 Å². The van der Waals surface area contributed by atoms with Crippen molar-refractivity contribution >= 4 is 16.0 Å². The highest BCUT2D eigenvalue weighted by atomic mass is 32.2. The van der Waals surface area contributed by atoms with Gasteiger partial charge in [-0.25, -0.2) is 18.5 Å². The summed E-state index contributed by atoms with van der Waals surface area (Å²) in [5.41, 5.74) is 3.04. The summed E-state index contributed by atoms with van der Waals surface area (Å²) in [6.07, 6.45) is 1.06. The number of nitrogens with one attached hydrogen (secondary N) is 2. The van der Waals surface area contributed by atoms with E-state index in [0.29, 0.717) is 32.2 Å². The molecular formula is C22H30N4O4S. The van der Waals surface area contributed by atoms with Crippen LogP contribution in [0.15, 0.2) is 46.3 Å². The van der Waals surface area contributed by atoms with Gasteiger partial charge in [-0.3, -0.25) is 0 Å². The molecule has 9 heteroatoms. The molecule has 0 saturated heterocycles. The summed E-state index contributed by atoms with van der Waals surface area (Å²) in [6, 6.07) is 10.5. The lowest BCUT2D eigenvalue weighted by Crippen LogP contribution is -2.36. The van der Waals surface area contributed by atoms with E-state index in [4.69, 9.17) is 14.6 Å². The molecule has 2 aromatic rings. The van der Waals surface area contributed by atoms with Gasteiger partial charge < -0.3 is 20.1 Å². The summed E-state index contributed by atoms with van der Waals surface area (Å²) < 4.78 is 34.5. The highest BCUT2D eigenvalue weighted by molar-refractivity contribution is 7.89. The van der Waals surface area contributed by atoms with Crippen LogP contribution in [0.4, 0.5) is 0 Å². The van der Waals surface area contributed by atoms with Gasteiger partial charge in [0.1, 0.15) is 17.6 Å². The number of sulfonamides is 1. The number of nitrogens with two attached hydrogens (primary N) is 1. The smallest absolute Gasteiger partial charge is 0.238 e. The van der Waals surface area contributed by atoms with Gasteiger partial charge in [0.2, 0.25) is 10.0 Å². The molecule has 1 unspecified atom stereocenters. The lowest BCUT2D eigenvalue weighted by atomic mass is 10.1. The lowest BCUT2D eigenvalue weighted by molar-refractivity contribution is 0.254. The van der Waals surface area contributed by atoms with Gasteiger partial charge in [-0.2, -0.15) is 0 Å². The Kier molecular flexibility index (Phi) is 7.40. The van der Waals surface area contributed by atoms with E-state index in [9.17, 15) is 8.42 Å². The van der Waals surface area contributed by atoms with E-state index < -0.39 is 10.0 Å². The van der Waals surface area contributed by atoms with E-state index in [0.717, 1.165) is 29.0 Å². The first kappa shape index (κ1) is 22.9. The minimum Gasteiger partial charge on any atom is -0.494 e. The van der Waals surface area contributed by atoms with E-state index in [1.54, 1.807) is 12.1 Å². The number of primary sulfonamides is 1. The van der Waals surface area contributed by atoms with Gasteiger partial charge in [0.05, 0.1) is 18.0 Å². The zero-order chi connectivity index (χ0) is 22.4. The topological polar surface area (TPSA) is 115 Å².